The number of piperidine rings is 1. The molecule has 1 saturated carbocycles. The van der Waals surface area contributed by atoms with Crippen molar-refractivity contribution >= 4 is 11.8 Å². The summed E-state index contributed by atoms with van der Waals surface area (Å²) in [4.78, 5) is 29.4. The van der Waals surface area contributed by atoms with E-state index in [9.17, 15) is 9.59 Å². The van der Waals surface area contributed by atoms with Crippen molar-refractivity contribution < 1.29 is 19.1 Å². The predicted molar refractivity (Wildman–Crippen MR) is 108 cm³/mol. The van der Waals surface area contributed by atoms with Gasteiger partial charge in [0.15, 0.2) is 0 Å². The van der Waals surface area contributed by atoms with Crippen LogP contribution in [0.5, 0.6) is 11.5 Å². The summed E-state index contributed by atoms with van der Waals surface area (Å²) in [5, 5.41) is 0. The molecule has 2 amide bonds. The number of benzene rings is 1. The number of ether oxygens (including phenoxy) is 2. The highest BCUT2D eigenvalue weighted by atomic mass is 16.5. The van der Waals surface area contributed by atoms with Crippen LogP contribution in [0.25, 0.3) is 0 Å². The van der Waals surface area contributed by atoms with Gasteiger partial charge in [0, 0.05) is 44.2 Å². The molecular weight excluding hydrogens is 356 g/mol. The van der Waals surface area contributed by atoms with E-state index < -0.39 is 0 Å². The van der Waals surface area contributed by atoms with Crippen LogP contribution in [0, 0.1) is 11.8 Å². The van der Waals surface area contributed by atoms with Crippen LogP contribution >= 0.6 is 0 Å². The molecule has 0 radical (unpaired) electrons. The van der Waals surface area contributed by atoms with E-state index in [4.69, 9.17) is 9.47 Å². The first kappa shape index (κ1) is 20.5. The summed E-state index contributed by atoms with van der Waals surface area (Å²) in [5.74, 6) is 2.08. The molecule has 6 nitrogen and oxygen atoms in total. The molecule has 6 heteroatoms. The molecule has 1 aromatic rings. The van der Waals surface area contributed by atoms with Gasteiger partial charge in [-0.2, -0.15) is 0 Å². The summed E-state index contributed by atoms with van der Waals surface area (Å²) in [7, 11) is 5.07. The molecule has 154 valence electrons. The molecule has 0 aromatic heterocycles. The quantitative estimate of drug-likeness (QED) is 0.751. The highest BCUT2D eigenvalue weighted by molar-refractivity contribution is 5.95. The van der Waals surface area contributed by atoms with Crippen molar-refractivity contribution in [3.63, 3.8) is 0 Å². The first-order chi connectivity index (χ1) is 13.5. The Kier molecular flexibility index (Phi) is 6.81. The van der Waals surface area contributed by atoms with Gasteiger partial charge in [-0.25, -0.2) is 0 Å². The van der Waals surface area contributed by atoms with Crippen LogP contribution in [-0.4, -0.2) is 62.5 Å². The van der Waals surface area contributed by atoms with E-state index in [2.05, 4.69) is 0 Å². The van der Waals surface area contributed by atoms with Gasteiger partial charge in [0.1, 0.15) is 11.5 Å². The standard InChI is InChI=1S/C22H32N2O4/c1-23(15-16-6-4-5-7-16)21(25)17-8-10-24(11-9-17)22(26)18-12-19(27-2)14-20(13-18)28-3/h12-14,16-17H,4-11,15H2,1-3H3. The molecule has 3 rings (SSSR count). The van der Waals surface area contributed by atoms with E-state index in [1.54, 1.807) is 32.4 Å². The molecule has 0 spiro atoms. The number of rotatable bonds is 6. The molecule has 1 aromatic carbocycles. The number of hydrogen-bond acceptors (Lipinski definition) is 4. The maximum Gasteiger partial charge on any atom is 0.254 e. The number of likely N-dealkylation sites (tertiary alicyclic amines) is 1. The molecular formula is C22H32N2O4. The average molecular weight is 389 g/mol. The Morgan fingerprint density at radius 3 is 2.11 bits per heavy atom. The average Bonchev–Trinajstić information content (AvgIpc) is 3.25. The summed E-state index contributed by atoms with van der Waals surface area (Å²) in [6, 6.07) is 5.22. The Hall–Kier alpha value is -2.24. The zero-order valence-corrected chi connectivity index (χ0v) is 17.3. The monoisotopic (exact) mass is 388 g/mol. The van der Waals surface area contributed by atoms with Crippen LogP contribution in [0.1, 0.15) is 48.9 Å². The summed E-state index contributed by atoms with van der Waals surface area (Å²) < 4.78 is 10.5. The minimum absolute atomic E-state index is 0.0234. The second-order valence-electron chi connectivity index (χ2n) is 8.04. The number of amides is 2. The molecule has 0 bridgehead atoms. The molecule has 0 N–H and O–H groups in total. The number of nitrogens with zero attached hydrogens (tertiary/aromatic N) is 2. The molecule has 2 aliphatic rings. The normalized spacial score (nSPS) is 18.2. The second-order valence-corrected chi connectivity index (χ2v) is 8.04. The number of methoxy groups -OCH3 is 2. The third-order valence-electron chi connectivity index (χ3n) is 6.11. The fourth-order valence-electron chi connectivity index (χ4n) is 4.42. The Morgan fingerprint density at radius 1 is 1.00 bits per heavy atom. The minimum atomic E-state index is -0.0394. The highest BCUT2D eigenvalue weighted by Crippen LogP contribution is 2.28. The van der Waals surface area contributed by atoms with E-state index in [1.165, 1.54) is 25.7 Å². The van der Waals surface area contributed by atoms with Crippen molar-refractivity contribution in [3.05, 3.63) is 23.8 Å². The summed E-state index contributed by atoms with van der Waals surface area (Å²) in [6.07, 6.45) is 6.52. The van der Waals surface area contributed by atoms with Gasteiger partial charge in [0.2, 0.25) is 5.91 Å². The van der Waals surface area contributed by atoms with Crippen LogP contribution < -0.4 is 9.47 Å². The van der Waals surface area contributed by atoms with Gasteiger partial charge in [0.25, 0.3) is 5.91 Å². The van der Waals surface area contributed by atoms with Gasteiger partial charge in [-0.15, -0.1) is 0 Å². The van der Waals surface area contributed by atoms with E-state index in [1.807, 2.05) is 16.8 Å². The van der Waals surface area contributed by atoms with Crippen LogP contribution in [0.3, 0.4) is 0 Å². The van der Waals surface area contributed by atoms with E-state index in [0.717, 1.165) is 19.4 Å². The zero-order chi connectivity index (χ0) is 20.1. The molecule has 0 unspecified atom stereocenters. The Balaban J connectivity index is 1.55. The Bertz CT molecular complexity index is 670. The lowest BCUT2D eigenvalue weighted by atomic mass is 9.94. The SMILES string of the molecule is COc1cc(OC)cc(C(=O)N2CCC(C(=O)N(C)CC3CCCC3)CC2)c1. The first-order valence-corrected chi connectivity index (χ1v) is 10.3. The Morgan fingerprint density at radius 2 is 1.57 bits per heavy atom. The van der Waals surface area contributed by atoms with Crippen LogP contribution in [0.4, 0.5) is 0 Å². The number of carbonyl (C=O) groups excluding carboxylic acids is 2. The van der Waals surface area contributed by atoms with Gasteiger partial charge in [-0.3, -0.25) is 9.59 Å². The molecule has 0 atom stereocenters. The highest BCUT2D eigenvalue weighted by Gasteiger charge is 2.30. The smallest absolute Gasteiger partial charge is 0.254 e. The second kappa shape index (κ2) is 9.30. The van der Waals surface area contributed by atoms with Crippen molar-refractivity contribution in [1.82, 2.24) is 9.80 Å². The largest absolute Gasteiger partial charge is 0.497 e. The molecule has 1 aliphatic heterocycles. The van der Waals surface area contributed by atoms with Crippen LogP contribution in [0.2, 0.25) is 0 Å². The summed E-state index contributed by atoms with van der Waals surface area (Å²) in [5.41, 5.74) is 0.555. The van der Waals surface area contributed by atoms with Crippen molar-refractivity contribution in [2.24, 2.45) is 11.8 Å². The zero-order valence-electron chi connectivity index (χ0n) is 17.3. The fraction of sp³-hybridized carbons (Fsp3) is 0.636. The fourth-order valence-corrected chi connectivity index (χ4v) is 4.42. The topological polar surface area (TPSA) is 59.1 Å². The molecule has 1 aliphatic carbocycles. The molecule has 1 heterocycles. The lowest BCUT2D eigenvalue weighted by Crippen LogP contribution is -2.44. The lowest BCUT2D eigenvalue weighted by Gasteiger charge is -2.34. The van der Waals surface area contributed by atoms with Crippen molar-refractivity contribution in [2.75, 3.05) is 40.9 Å². The molecule has 2 fully saturated rings. The maximum atomic E-state index is 12.9. The number of hydrogen-bond donors (Lipinski definition) is 0. The first-order valence-electron chi connectivity index (χ1n) is 10.3. The Labute approximate surface area is 167 Å². The molecule has 28 heavy (non-hydrogen) atoms. The van der Waals surface area contributed by atoms with Gasteiger partial charge in [-0.1, -0.05) is 12.8 Å². The maximum absolute atomic E-state index is 12.9. The van der Waals surface area contributed by atoms with Crippen molar-refractivity contribution in [1.29, 1.82) is 0 Å². The van der Waals surface area contributed by atoms with Crippen LogP contribution in [0.15, 0.2) is 18.2 Å². The minimum Gasteiger partial charge on any atom is -0.497 e. The van der Waals surface area contributed by atoms with Gasteiger partial charge in [-0.05, 0) is 43.7 Å². The predicted octanol–water partition coefficient (Wildman–Crippen LogP) is 3.20. The summed E-state index contributed by atoms with van der Waals surface area (Å²) >= 11 is 0. The van der Waals surface area contributed by atoms with E-state index in [0.29, 0.717) is 36.1 Å². The lowest BCUT2D eigenvalue weighted by molar-refractivity contribution is -0.136. The van der Waals surface area contributed by atoms with Gasteiger partial charge >= 0.3 is 0 Å². The van der Waals surface area contributed by atoms with E-state index >= 15 is 0 Å². The van der Waals surface area contributed by atoms with Gasteiger partial charge in [0.05, 0.1) is 14.2 Å². The number of carbonyl (C=O) groups is 2. The van der Waals surface area contributed by atoms with Crippen molar-refractivity contribution in [2.45, 2.75) is 38.5 Å². The van der Waals surface area contributed by atoms with Crippen molar-refractivity contribution in [3.8, 4) is 11.5 Å². The summed E-state index contributed by atoms with van der Waals surface area (Å²) in [6.45, 7) is 2.08. The third-order valence-corrected chi connectivity index (χ3v) is 6.11. The third kappa shape index (κ3) is 4.78. The van der Waals surface area contributed by atoms with Gasteiger partial charge < -0.3 is 19.3 Å². The van der Waals surface area contributed by atoms with E-state index in [-0.39, 0.29) is 17.7 Å². The van der Waals surface area contributed by atoms with Crippen LogP contribution in [-0.2, 0) is 4.79 Å². The molecule has 1 saturated heterocycles.